The van der Waals surface area contributed by atoms with Crippen LogP contribution in [0.3, 0.4) is 0 Å². The van der Waals surface area contributed by atoms with Gasteiger partial charge in [-0.05, 0) is 55.9 Å². The van der Waals surface area contributed by atoms with Crippen LogP contribution in [0.25, 0.3) is 16.6 Å². The lowest BCUT2D eigenvalue weighted by atomic mass is 9.92. The SMILES string of the molecule is CCC(CC)C(=S)C1CCc2ncc3c(=O)n(-c4ccc(Cl)cc4)[nH]c3c2C=N1. The molecule has 0 saturated carbocycles. The van der Waals surface area contributed by atoms with Crippen molar-refractivity contribution in [3.05, 3.63) is 57.1 Å². The summed E-state index contributed by atoms with van der Waals surface area (Å²) in [6.07, 6.45) is 7.21. The Morgan fingerprint density at radius 3 is 2.72 bits per heavy atom. The van der Waals surface area contributed by atoms with Crippen molar-refractivity contribution in [1.29, 1.82) is 0 Å². The van der Waals surface area contributed by atoms with Crippen molar-refractivity contribution in [1.82, 2.24) is 14.8 Å². The molecule has 1 unspecified atom stereocenters. The van der Waals surface area contributed by atoms with E-state index in [9.17, 15) is 4.79 Å². The van der Waals surface area contributed by atoms with Crippen LogP contribution in [-0.2, 0) is 6.42 Å². The summed E-state index contributed by atoms with van der Waals surface area (Å²) in [4.78, 5) is 23.3. The number of pyridine rings is 1. The van der Waals surface area contributed by atoms with Crippen LogP contribution in [0.4, 0.5) is 0 Å². The number of nitrogens with one attached hydrogen (secondary N) is 1. The number of aromatic nitrogens is 3. The molecule has 1 N–H and O–H groups in total. The summed E-state index contributed by atoms with van der Waals surface area (Å²) >= 11 is 11.7. The first kappa shape index (κ1) is 20.0. The number of hydrogen-bond acceptors (Lipinski definition) is 4. The first-order valence-corrected chi connectivity index (χ1v) is 10.8. The van der Waals surface area contributed by atoms with E-state index in [2.05, 4.69) is 23.9 Å². The zero-order valence-corrected chi connectivity index (χ0v) is 18.1. The number of rotatable bonds is 5. The zero-order valence-electron chi connectivity index (χ0n) is 16.5. The van der Waals surface area contributed by atoms with Crippen LogP contribution in [0.5, 0.6) is 0 Å². The van der Waals surface area contributed by atoms with Gasteiger partial charge in [-0.3, -0.25) is 19.9 Å². The largest absolute Gasteiger partial charge is 0.289 e. The second-order valence-electron chi connectivity index (χ2n) is 7.38. The number of H-pyrrole nitrogens is 1. The third-order valence-electron chi connectivity index (χ3n) is 5.70. The minimum atomic E-state index is -0.139. The van der Waals surface area contributed by atoms with Crippen LogP contribution in [0.2, 0.25) is 5.02 Å². The molecule has 1 atom stereocenters. The summed E-state index contributed by atoms with van der Waals surface area (Å²) in [7, 11) is 0. The van der Waals surface area contributed by atoms with E-state index in [0.717, 1.165) is 53.0 Å². The second-order valence-corrected chi connectivity index (χ2v) is 8.29. The molecule has 1 aliphatic heterocycles. The Kier molecular flexibility index (Phi) is 5.65. The highest BCUT2D eigenvalue weighted by Crippen LogP contribution is 2.24. The van der Waals surface area contributed by atoms with Crippen molar-refractivity contribution in [2.45, 2.75) is 45.6 Å². The first-order valence-electron chi connectivity index (χ1n) is 9.98. The molecule has 0 amide bonds. The number of halogens is 1. The number of benzene rings is 1. The number of aromatic amines is 1. The standard InChI is InChI=1S/C22H23ClN4OS/c1-3-13(4-2)21(29)19-10-9-18-16(11-25-19)20-17(12-24-18)22(28)27(26-20)15-7-5-14(23)6-8-15/h5-8,11-13,19,26H,3-4,9-10H2,1-2H3. The molecule has 0 radical (unpaired) electrons. The Bertz CT molecular complexity index is 1140. The molecule has 29 heavy (non-hydrogen) atoms. The lowest BCUT2D eigenvalue weighted by Gasteiger charge is -2.19. The fraction of sp³-hybridized carbons (Fsp3) is 0.364. The van der Waals surface area contributed by atoms with Gasteiger partial charge in [0.05, 0.1) is 28.3 Å². The van der Waals surface area contributed by atoms with E-state index in [1.165, 1.54) is 4.68 Å². The maximum Gasteiger partial charge on any atom is 0.280 e. The minimum Gasteiger partial charge on any atom is -0.289 e. The minimum absolute atomic E-state index is 0.0178. The van der Waals surface area contributed by atoms with Crippen molar-refractivity contribution in [3.8, 4) is 5.69 Å². The third-order valence-corrected chi connectivity index (χ3v) is 6.55. The molecule has 0 saturated heterocycles. The molecule has 1 aromatic carbocycles. The number of aliphatic imine (C=N–C) groups is 1. The van der Waals surface area contributed by atoms with Crippen molar-refractivity contribution in [3.63, 3.8) is 0 Å². The highest BCUT2D eigenvalue weighted by atomic mass is 35.5. The van der Waals surface area contributed by atoms with Gasteiger partial charge in [-0.1, -0.05) is 37.7 Å². The number of nitrogens with zero attached hydrogens (tertiary/aromatic N) is 3. The van der Waals surface area contributed by atoms with E-state index in [-0.39, 0.29) is 11.6 Å². The number of aryl methyl sites for hydroxylation is 1. The Morgan fingerprint density at radius 2 is 2.03 bits per heavy atom. The Morgan fingerprint density at radius 1 is 1.31 bits per heavy atom. The monoisotopic (exact) mass is 426 g/mol. The van der Waals surface area contributed by atoms with Crippen molar-refractivity contribution >= 4 is 45.8 Å². The maximum absolute atomic E-state index is 12.9. The average molecular weight is 427 g/mol. The van der Waals surface area contributed by atoms with Gasteiger partial charge in [-0.15, -0.1) is 0 Å². The summed E-state index contributed by atoms with van der Waals surface area (Å²) in [5.74, 6) is 0.409. The summed E-state index contributed by atoms with van der Waals surface area (Å²) < 4.78 is 1.52. The zero-order chi connectivity index (χ0) is 20.5. The molecule has 3 heterocycles. The number of fused-ring (bicyclic) bond motifs is 3. The van der Waals surface area contributed by atoms with Crippen LogP contribution in [0.1, 0.15) is 44.4 Å². The predicted octanol–water partition coefficient (Wildman–Crippen LogP) is 4.91. The van der Waals surface area contributed by atoms with Gasteiger partial charge in [0.15, 0.2) is 0 Å². The van der Waals surface area contributed by atoms with Crippen molar-refractivity contribution < 1.29 is 0 Å². The summed E-state index contributed by atoms with van der Waals surface area (Å²) in [6.45, 7) is 4.34. The van der Waals surface area contributed by atoms with Crippen LogP contribution in [0.15, 0.2) is 40.2 Å². The van der Waals surface area contributed by atoms with E-state index < -0.39 is 0 Å². The predicted molar refractivity (Wildman–Crippen MR) is 123 cm³/mol. The van der Waals surface area contributed by atoms with Crippen LogP contribution < -0.4 is 5.56 Å². The number of hydrogen-bond donors (Lipinski definition) is 1. The third kappa shape index (κ3) is 3.67. The molecular formula is C22H23ClN4OS. The van der Waals surface area contributed by atoms with Crippen molar-refractivity contribution in [2.75, 3.05) is 0 Å². The molecule has 3 aromatic rings. The summed E-state index contributed by atoms with van der Waals surface area (Å²) in [6, 6.07) is 7.16. The lowest BCUT2D eigenvalue weighted by Crippen LogP contribution is -2.24. The fourth-order valence-electron chi connectivity index (χ4n) is 3.93. The van der Waals surface area contributed by atoms with Gasteiger partial charge in [0, 0.05) is 27.9 Å². The van der Waals surface area contributed by atoms with Gasteiger partial charge in [0.2, 0.25) is 0 Å². The van der Waals surface area contributed by atoms with E-state index in [0.29, 0.717) is 16.3 Å². The summed E-state index contributed by atoms with van der Waals surface area (Å²) in [5.41, 5.74) is 3.16. The topological polar surface area (TPSA) is 63.0 Å². The molecule has 0 aliphatic carbocycles. The Labute approximate surface area is 179 Å². The van der Waals surface area contributed by atoms with E-state index in [1.54, 1.807) is 18.3 Å². The maximum atomic E-state index is 12.9. The van der Waals surface area contributed by atoms with E-state index in [4.69, 9.17) is 28.8 Å². The van der Waals surface area contributed by atoms with Crippen LogP contribution in [0, 0.1) is 5.92 Å². The normalized spacial score (nSPS) is 16.2. The molecule has 0 fully saturated rings. The molecule has 2 aromatic heterocycles. The van der Waals surface area contributed by atoms with Crippen LogP contribution in [-0.4, -0.2) is 31.9 Å². The molecular weight excluding hydrogens is 404 g/mol. The van der Waals surface area contributed by atoms with E-state index in [1.807, 2.05) is 18.3 Å². The fourth-order valence-corrected chi connectivity index (χ4v) is 4.57. The molecule has 7 heteroatoms. The summed E-state index contributed by atoms with van der Waals surface area (Å²) in [5, 5.41) is 4.41. The Balaban J connectivity index is 1.77. The van der Waals surface area contributed by atoms with Gasteiger partial charge < -0.3 is 0 Å². The molecule has 0 spiro atoms. The molecule has 4 rings (SSSR count). The van der Waals surface area contributed by atoms with Gasteiger partial charge in [-0.2, -0.15) is 0 Å². The van der Waals surface area contributed by atoms with Crippen LogP contribution >= 0.6 is 23.8 Å². The molecule has 1 aliphatic rings. The smallest absolute Gasteiger partial charge is 0.280 e. The lowest BCUT2D eigenvalue weighted by molar-refractivity contribution is 0.615. The molecule has 0 bridgehead atoms. The number of thiocarbonyl (C=S) groups is 1. The second kappa shape index (κ2) is 8.20. The highest BCUT2D eigenvalue weighted by molar-refractivity contribution is 7.80. The van der Waals surface area contributed by atoms with Gasteiger partial charge in [0.25, 0.3) is 5.56 Å². The highest BCUT2D eigenvalue weighted by Gasteiger charge is 2.24. The Hall–Kier alpha value is -2.31. The molecule has 5 nitrogen and oxygen atoms in total. The first-order chi connectivity index (χ1) is 14.0. The van der Waals surface area contributed by atoms with Gasteiger partial charge in [-0.25, -0.2) is 4.68 Å². The quantitative estimate of drug-likeness (QED) is 0.589. The average Bonchev–Trinajstić information content (AvgIpc) is 2.92. The van der Waals surface area contributed by atoms with Gasteiger partial charge in [0.1, 0.15) is 0 Å². The van der Waals surface area contributed by atoms with E-state index >= 15 is 0 Å². The van der Waals surface area contributed by atoms with Crippen molar-refractivity contribution in [2.24, 2.45) is 10.9 Å². The van der Waals surface area contributed by atoms with Gasteiger partial charge >= 0.3 is 0 Å². The molecule has 150 valence electrons.